The number of amides is 1. The summed E-state index contributed by atoms with van der Waals surface area (Å²) in [7, 11) is 0. The zero-order valence-electron chi connectivity index (χ0n) is 11.7. The first-order valence-corrected chi connectivity index (χ1v) is 7.80. The number of halogens is 3. The third-order valence-corrected chi connectivity index (χ3v) is 4.82. The molecule has 0 unspecified atom stereocenters. The molecule has 0 saturated carbocycles. The molecule has 0 saturated heterocycles. The van der Waals surface area contributed by atoms with Crippen LogP contribution in [0.4, 0.5) is 13.2 Å². The molecule has 0 aliphatic carbocycles. The maximum Gasteiger partial charge on any atom is 0.416 e. The number of nitrogens with zero attached hydrogens (tertiary/aromatic N) is 1. The molecular formula is C16H14F3NOS. The summed E-state index contributed by atoms with van der Waals surface area (Å²) < 4.78 is 37.5. The SMILES string of the molecule is O=C(Cc1ccc(C(F)(F)F)cc1)N1CCc2sccc2C1. The van der Waals surface area contributed by atoms with Gasteiger partial charge in [0.2, 0.25) is 5.91 Å². The first kappa shape index (κ1) is 15.1. The average molecular weight is 325 g/mol. The number of fused-ring (bicyclic) bond motifs is 1. The van der Waals surface area contributed by atoms with Crippen LogP contribution in [0.15, 0.2) is 35.7 Å². The lowest BCUT2D eigenvalue weighted by molar-refractivity contribution is -0.137. The lowest BCUT2D eigenvalue weighted by Gasteiger charge is -2.27. The van der Waals surface area contributed by atoms with Gasteiger partial charge in [0.1, 0.15) is 0 Å². The maximum atomic E-state index is 12.5. The van der Waals surface area contributed by atoms with Gasteiger partial charge >= 0.3 is 6.18 Å². The highest BCUT2D eigenvalue weighted by Crippen LogP contribution is 2.29. The van der Waals surface area contributed by atoms with Crippen LogP contribution in [0, 0.1) is 0 Å². The number of benzene rings is 1. The van der Waals surface area contributed by atoms with Crippen LogP contribution in [0.25, 0.3) is 0 Å². The minimum absolute atomic E-state index is 0.0448. The Balaban J connectivity index is 1.65. The van der Waals surface area contributed by atoms with Crippen LogP contribution in [0.1, 0.15) is 21.6 Å². The molecule has 6 heteroatoms. The monoisotopic (exact) mass is 325 g/mol. The Morgan fingerprint density at radius 3 is 2.59 bits per heavy atom. The third kappa shape index (κ3) is 3.16. The molecule has 0 N–H and O–H groups in total. The first-order chi connectivity index (χ1) is 10.4. The summed E-state index contributed by atoms with van der Waals surface area (Å²) in [6.07, 6.45) is -3.35. The van der Waals surface area contributed by atoms with Gasteiger partial charge in [-0.05, 0) is 41.1 Å². The highest BCUT2D eigenvalue weighted by molar-refractivity contribution is 7.10. The number of hydrogen-bond acceptors (Lipinski definition) is 2. The van der Waals surface area contributed by atoms with Crippen molar-refractivity contribution in [2.75, 3.05) is 6.54 Å². The average Bonchev–Trinajstić information content (AvgIpc) is 2.94. The van der Waals surface area contributed by atoms with Crippen molar-refractivity contribution in [1.82, 2.24) is 4.90 Å². The minimum atomic E-state index is -4.34. The highest BCUT2D eigenvalue weighted by atomic mass is 32.1. The van der Waals surface area contributed by atoms with Crippen molar-refractivity contribution in [3.8, 4) is 0 Å². The predicted octanol–water partition coefficient (Wildman–Crippen LogP) is 3.89. The molecule has 1 aliphatic heterocycles. The summed E-state index contributed by atoms with van der Waals surface area (Å²) >= 11 is 1.70. The van der Waals surface area contributed by atoms with E-state index in [1.165, 1.54) is 22.6 Å². The minimum Gasteiger partial charge on any atom is -0.338 e. The Bertz CT molecular complexity index is 675. The quantitative estimate of drug-likeness (QED) is 0.820. The van der Waals surface area contributed by atoms with Gasteiger partial charge in [-0.15, -0.1) is 11.3 Å². The molecule has 0 radical (unpaired) electrons. The van der Waals surface area contributed by atoms with Crippen molar-refractivity contribution in [3.05, 3.63) is 57.3 Å². The number of thiophene rings is 1. The molecular weight excluding hydrogens is 311 g/mol. The molecule has 1 aromatic heterocycles. The number of hydrogen-bond donors (Lipinski definition) is 0. The number of alkyl halides is 3. The zero-order valence-corrected chi connectivity index (χ0v) is 12.5. The van der Waals surface area contributed by atoms with Crippen molar-refractivity contribution in [2.45, 2.75) is 25.6 Å². The van der Waals surface area contributed by atoms with Gasteiger partial charge in [0.15, 0.2) is 0 Å². The van der Waals surface area contributed by atoms with Crippen LogP contribution < -0.4 is 0 Å². The van der Waals surface area contributed by atoms with E-state index >= 15 is 0 Å². The van der Waals surface area contributed by atoms with Gasteiger partial charge in [0, 0.05) is 18.0 Å². The summed E-state index contributed by atoms with van der Waals surface area (Å²) in [6, 6.07) is 6.82. The summed E-state index contributed by atoms with van der Waals surface area (Å²) in [4.78, 5) is 15.4. The number of rotatable bonds is 2. The summed E-state index contributed by atoms with van der Waals surface area (Å²) in [5.41, 5.74) is 1.09. The van der Waals surface area contributed by atoms with E-state index in [1.54, 1.807) is 16.2 Å². The van der Waals surface area contributed by atoms with Crippen LogP contribution >= 0.6 is 11.3 Å². The summed E-state index contributed by atoms with van der Waals surface area (Å²) in [5, 5.41) is 2.02. The van der Waals surface area contributed by atoms with Crippen molar-refractivity contribution in [3.63, 3.8) is 0 Å². The molecule has 2 heterocycles. The van der Waals surface area contributed by atoms with Gasteiger partial charge in [0.25, 0.3) is 0 Å². The molecule has 22 heavy (non-hydrogen) atoms. The van der Waals surface area contributed by atoms with Gasteiger partial charge in [-0.3, -0.25) is 4.79 Å². The molecule has 1 aromatic carbocycles. The van der Waals surface area contributed by atoms with Crippen LogP contribution in [-0.4, -0.2) is 17.4 Å². The lowest BCUT2D eigenvalue weighted by atomic mass is 10.1. The Labute approximate surface area is 130 Å². The number of carbonyl (C=O) groups is 1. The van der Waals surface area contributed by atoms with Crippen LogP contribution in [-0.2, 0) is 30.4 Å². The fourth-order valence-corrected chi connectivity index (χ4v) is 3.45. The van der Waals surface area contributed by atoms with Crippen LogP contribution in [0.5, 0.6) is 0 Å². The Hall–Kier alpha value is -1.82. The Morgan fingerprint density at radius 2 is 1.91 bits per heavy atom. The Morgan fingerprint density at radius 1 is 1.18 bits per heavy atom. The topological polar surface area (TPSA) is 20.3 Å². The molecule has 0 spiro atoms. The molecule has 1 amide bonds. The van der Waals surface area contributed by atoms with E-state index in [-0.39, 0.29) is 12.3 Å². The van der Waals surface area contributed by atoms with Crippen LogP contribution in [0.2, 0.25) is 0 Å². The van der Waals surface area contributed by atoms with E-state index in [2.05, 4.69) is 0 Å². The van der Waals surface area contributed by atoms with Gasteiger partial charge < -0.3 is 4.90 Å². The van der Waals surface area contributed by atoms with Crippen molar-refractivity contribution in [1.29, 1.82) is 0 Å². The van der Waals surface area contributed by atoms with E-state index in [0.29, 0.717) is 18.7 Å². The molecule has 0 atom stereocenters. The fourth-order valence-electron chi connectivity index (χ4n) is 2.56. The molecule has 1 aliphatic rings. The Kier molecular flexibility index (Phi) is 3.95. The predicted molar refractivity (Wildman–Crippen MR) is 78.6 cm³/mol. The molecule has 2 nitrogen and oxygen atoms in total. The fraction of sp³-hybridized carbons (Fsp3) is 0.312. The van der Waals surface area contributed by atoms with Crippen molar-refractivity contribution >= 4 is 17.2 Å². The van der Waals surface area contributed by atoms with Crippen LogP contribution in [0.3, 0.4) is 0 Å². The standard InChI is InChI=1S/C16H14F3NOS/c17-16(18,19)13-3-1-11(2-4-13)9-15(21)20-7-5-14-12(10-20)6-8-22-14/h1-4,6,8H,5,7,9-10H2. The maximum absolute atomic E-state index is 12.5. The van der Waals surface area contributed by atoms with E-state index in [0.717, 1.165) is 18.6 Å². The number of carbonyl (C=O) groups excluding carboxylic acids is 1. The van der Waals surface area contributed by atoms with E-state index in [4.69, 9.17) is 0 Å². The lowest BCUT2D eigenvalue weighted by Crippen LogP contribution is -2.36. The van der Waals surface area contributed by atoms with Gasteiger partial charge in [-0.2, -0.15) is 13.2 Å². The van der Waals surface area contributed by atoms with Crippen molar-refractivity contribution in [2.24, 2.45) is 0 Å². The van der Waals surface area contributed by atoms with Gasteiger partial charge in [-0.25, -0.2) is 0 Å². The van der Waals surface area contributed by atoms with E-state index < -0.39 is 11.7 Å². The third-order valence-electron chi connectivity index (χ3n) is 3.80. The molecule has 0 bridgehead atoms. The zero-order chi connectivity index (χ0) is 15.7. The second kappa shape index (κ2) is 5.76. The summed E-state index contributed by atoms with van der Waals surface area (Å²) in [5.74, 6) is -0.0448. The molecule has 2 aromatic rings. The second-order valence-corrected chi connectivity index (χ2v) is 6.31. The molecule has 3 rings (SSSR count). The van der Waals surface area contributed by atoms with Gasteiger partial charge in [-0.1, -0.05) is 12.1 Å². The first-order valence-electron chi connectivity index (χ1n) is 6.92. The normalized spacial score (nSPS) is 14.8. The smallest absolute Gasteiger partial charge is 0.338 e. The molecule has 116 valence electrons. The van der Waals surface area contributed by atoms with E-state index in [1.807, 2.05) is 11.4 Å². The second-order valence-electron chi connectivity index (χ2n) is 5.31. The largest absolute Gasteiger partial charge is 0.416 e. The summed E-state index contributed by atoms with van der Waals surface area (Å²) in [6.45, 7) is 1.27. The highest BCUT2D eigenvalue weighted by Gasteiger charge is 2.30. The van der Waals surface area contributed by atoms with E-state index in [9.17, 15) is 18.0 Å². The van der Waals surface area contributed by atoms with Gasteiger partial charge in [0.05, 0.1) is 12.0 Å². The molecule has 0 fully saturated rings. The van der Waals surface area contributed by atoms with Crippen molar-refractivity contribution < 1.29 is 18.0 Å².